The number of hydrogen-bond acceptors (Lipinski definition) is 5. The molecule has 1 atom stereocenters. The number of carbonyl (C=O) groups is 2. The molecular formula is C25H19BrFN3O3. The van der Waals surface area contributed by atoms with Crippen LogP contribution in [0.15, 0.2) is 94.2 Å². The van der Waals surface area contributed by atoms with Gasteiger partial charge in [-0.3, -0.25) is 9.59 Å². The lowest BCUT2D eigenvalue weighted by Crippen LogP contribution is -2.44. The fourth-order valence-electron chi connectivity index (χ4n) is 3.57. The predicted octanol–water partition coefficient (Wildman–Crippen LogP) is 4.69. The predicted molar refractivity (Wildman–Crippen MR) is 127 cm³/mol. The van der Waals surface area contributed by atoms with Crippen LogP contribution in [0.3, 0.4) is 0 Å². The monoisotopic (exact) mass is 507 g/mol. The molecule has 1 aliphatic rings. The molecule has 0 bridgehead atoms. The summed E-state index contributed by atoms with van der Waals surface area (Å²) in [5.74, 6) is -1.28. The number of anilines is 1. The maximum absolute atomic E-state index is 13.9. The van der Waals surface area contributed by atoms with E-state index in [9.17, 15) is 19.2 Å². The Morgan fingerprint density at radius 3 is 2.42 bits per heavy atom. The molecule has 3 aromatic carbocycles. The molecule has 4 rings (SSSR count). The van der Waals surface area contributed by atoms with Crippen molar-refractivity contribution in [3.05, 3.63) is 112 Å². The first kappa shape index (κ1) is 22.4. The van der Waals surface area contributed by atoms with Crippen molar-refractivity contribution in [2.45, 2.75) is 12.5 Å². The van der Waals surface area contributed by atoms with Crippen molar-refractivity contribution < 1.29 is 19.2 Å². The van der Waals surface area contributed by atoms with Gasteiger partial charge in [0.15, 0.2) is 0 Å². The third-order valence-electron chi connectivity index (χ3n) is 5.20. The van der Waals surface area contributed by atoms with E-state index in [2.05, 4.69) is 31.7 Å². The Bertz CT molecular complexity index is 1270. The molecule has 0 aromatic heterocycles. The van der Waals surface area contributed by atoms with Crippen molar-refractivity contribution in [3.8, 4) is 0 Å². The number of ketones is 1. The number of oxime groups is 1. The largest absolute Gasteiger partial charge is 0.410 e. The summed E-state index contributed by atoms with van der Waals surface area (Å²) in [5.41, 5.74) is 2.36. The number of benzene rings is 3. The molecule has 3 aromatic rings. The van der Waals surface area contributed by atoms with E-state index >= 15 is 0 Å². The Kier molecular flexibility index (Phi) is 6.65. The summed E-state index contributed by atoms with van der Waals surface area (Å²) in [6, 6.07) is 19.5. The van der Waals surface area contributed by atoms with Crippen LogP contribution in [0.2, 0.25) is 0 Å². The van der Waals surface area contributed by atoms with Crippen LogP contribution in [0.5, 0.6) is 0 Å². The third-order valence-corrected chi connectivity index (χ3v) is 5.84. The van der Waals surface area contributed by atoms with E-state index < -0.39 is 17.8 Å². The molecule has 6 nitrogen and oxygen atoms in total. The lowest BCUT2D eigenvalue weighted by molar-refractivity contribution is -0.117. The molecule has 166 valence electrons. The quantitative estimate of drug-likeness (QED) is 0.333. The molecule has 0 radical (unpaired) electrons. The number of allylic oxidation sites excluding steroid dienone is 2. The normalized spacial score (nSPS) is 14.9. The topological polar surface area (TPSA) is 90.8 Å². The average Bonchev–Trinajstić information content (AvgIpc) is 2.83. The smallest absolute Gasteiger partial charge is 0.247 e. The SMILES string of the molecule is O=C1C(N[C@H](Cc2ccccc2)C(=O)Nc2ccc(Br)c(F)c2)=CC(=NO)c2ccccc21. The minimum Gasteiger partial charge on any atom is -0.410 e. The highest BCUT2D eigenvalue weighted by Crippen LogP contribution is 2.22. The summed E-state index contributed by atoms with van der Waals surface area (Å²) in [6.07, 6.45) is 1.68. The Morgan fingerprint density at radius 2 is 1.73 bits per heavy atom. The van der Waals surface area contributed by atoms with Gasteiger partial charge in [0.2, 0.25) is 11.7 Å². The zero-order chi connectivity index (χ0) is 23.4. The Labute approximate surface area is 198 Å². The van der Waals surface area contributed by atoms with Crippen molar-refractivity contribution in [2.75, 3.05) is 5.32 Å². The summed E-state index contributed by atoms with van der Waals surface area (Å²) < 4.78 is 14.2. The standard InChI is InChI=1S/C25H19BrFN3O3/c26-19-11-10-16(13-20(19)27)28-25(32)23(12-15-6-2-1-3-7-15)29-22-14-21(30-33)17-8-4-5-9-18(17)24(22)31/h1-11,13-14,23,29,33H,12H2,(H,28,32)/t23-/m1/s1. The first-order valence-corrected chi connectivity index (χ1v) is 10.9. The van der Waals surface area contributed by atoms with Crippen molar-refractivity contribution in [2.24, 2.45) is 5.16 Å². The van der Waals surface area contributed by atoms with Crippen LogP contribution in [0.25, 0.3) is 0 Å². The summed E-state index contributed by atoms with van der Waals surface area (Å²) in [6.45, 7) is 0. The molecule has 1 amide bonds. The molecule has 0 heterocycles. The number of nitrogens with zero attached hydrogens (tertiary/aromatic N) is 1. The van der Waals surface area contributed by atoms with Gasteiger partial charge < -0.3 is 15.8 Å². The molecule has 33 heavy (non-hydrogen) atoms. The Hall–Kier alpha value is -3.78. The molecule has 0 saturated heterocycles. The second-order valence-electron chi connectivity index (χ2n) is 7.42. The molecular weight excluding hydrogens is 489 g/mol. The van der Waals surface area contributed by atoms with Gasteiger partial charge in [-0.2, -0.15) is 0 Å². The van der Waals surface area contributed by atoms with E-state index in [4.69, 9.17) is 0 Å². The van der Waals surface area contributed by atoms with Crippen molar-refractivity contribution in [1.29, 1.82) is 0 Å². The van der Waals surface area contributed by atoms with Crippen LogP contribution in [0.1, 0.15) is 21.5 Å². The molecule has 1 aliphatic carbocycles. The van der Waals surface area contributed by atoms with Gasteiger partial charge in [-0.25, -0.2) is 4.39 Å². The fraction of sp³-hybridized carbons (Fsp3) is 0.0800. The number of hydrogen-bond donors (Lipinski definition) is 3. The maximum Gasteiger partial charge on any atom is 0.247 e. The first-order chi connectivity index (χ1) is 16.0. The molecule has 3 N–H and O–H groups in total. The highest BCUT2D eigenvalue weighted by atomic mass is 79.9. The molecule has 0 fully saturated rings. The number of halogens is 2. The molecule has 8 heteroatoms. The summed E-state index contributed by atoms with van der Waals surface area (Å²) >= 11 is 3.09. The minimum absolute atomic E-state index is 0.125. The van der Waals surface area contributed by atoms with Gasteiger partial charge in [0.1, 0.15) is 17.6 Å². The Balaban J connectivity index is 1.63. The second kappa shape index (κ2) is 9.79. The van der Waals surface area contributed by atoms with Gasteiger partial charge in [-0.1, -0.05) is 59.8 Å². The van der Waals surface area contributed by atoms with Gasteiger partial charge >= 0.3 is 0 Å². The maximum atomic E-state index is 13.9. The highest BCUT2D eigenvalue weighted by molar-refractivity contribution is 9.10. The fourth-order valence-corrected chi connectivity index (χ4v) is 3.82. The number of Topliss-reactive ketones (excluding diaryl/α,β-unsaturated/α-hetero) is 1. The van der Waals surface area contributed by atoms with Gasteiger partial charge in [0, 0.05) is 23.2 Å². The number of carbonyl (C=O) groups excluding carboxylic acids is 2. The van der Waals surface area contributed by atoms with Crippen molar-refractivity contribution >= 4 is 39.0 Å². The van der Waals surface area contributed by atoms with E-state index in [1.807, 2.05) is 30.3 Å². The first-order valence-electron chi connectivity index (χ1n) is 10.1. The van der Waals surface area contributed by atoms with Gasteiger partial charge in [0.05, 0.1) is 10.2 Å². The molecule has 0 saturated carbocycles. The van der Waals surface area contributed by atoms with Crippen LogP contribution in [-0.2, 0) is 11.2 Å². The number of fused-ring (bicyclic) bond motifs is 1. The summed E-state index contributed by atoms with van der Waals surface area (Å²) in [5, 5.41) is 18.5. The average molecular weight is 508 g/mol. The number of amides is 1. The van der Waals surface area contributed by atoms with Crippen LogP contribution in [0, 0.1) is 5.82 Å². The van der Waals surface area contributed by atoms with E-state index in [-0.39, 0.29) is 33.8 Å². The van der Waals surface area contributed by atoms with E-state index in [1.54, 1.807) is 30.3 Å². The highest BCUT2D eigenvalue weighted by Gasteiger charge is 2.28. The minimum atomic E-state index is -0.862. The van der Waals surface area contributed by atoms with E-state index in [0.29, 0.717) is 11.1 Å². The van der Waals surface area contributed by atoms with Crippen LogP contribution in [0.4, 0.5) is 10.1 Å². The van der Waals surface area contributed by atoms with Crippen LogP contribution in [-0.4, -0.2) is 28.7 Å². The van der Waals surface area contributed by atoms with Crippen LogP contribution < -0.4 is 10.6 Å². The molecule has 0 aliphatic heterocycles. The third kappa shape index (κ3) is 5.01. The van der Waals surface area contributed by atoms with Gasteiger partial charge in [0.25, 0.3) is 0 Å². The van der Waals surface area contributed by atoms with E-state index in [1.165, 1.54) is 18.2 Å². The summed E-state index contributed by atoms with van der Waals surface area (Å²) in [7, 11) is 0. The van der Waals surface area contributed by atoms with Gasteiger partial charge in [-0.15, -0.1) is 0 Å². The van der Waals surface area contributed by atoms with Crippen LogP contribution >= 0.6 is 15.9 Å². The van der Waals surface area contributed by atoms with E-state index in [0.717, 1.165) is 5.56 Å². The summed E-state index contributed by atoms with van der Waals surface area (Å²) in [4.78, 5) is 26.2. The zero-order valence-corrected chi connectivity index (χ0v) is 18.8. The van der Waals surface area contributed by atoms with Gasteiger partial charge in [-0.05, 0) is 45.8 Å². The molecule has 0 spiro atoms. The second-order valence-corrected chi connectivity index (χ2v) is 8.28. The lowest BCUT2D eigenvalue weighted by Gasteiger charge is -2.24. The number of nitrogens with one attached hydrogen (secondary N) is 2. The molecule has 0 unspecified atom stereocenters. The van der Waals surface area contributed by atoms with Crippen molar-refractivity contribution in [3.63, 3.8) is 0 Å². The number of rotatable bonds is 6. The van der Waals surface area contributed by atoms with Crippen molar-refractivity contribution in [1.82, 2.24) is 5.32 Å². The lowest BCUT2D eigenvalue weighted by atomic mass is 9.91. The zero-order valence-electron chi connectivity index (χ0n) is 17.3. The Morgan fingerprint density at radius 1 is 1.03 bits per heavy atom.